The van der Waals surface area contributed by atoms with Gasteiger partial charge in [0.05, 0.1) is 0 Å². The predicted octanol–water partition coefficient (Wildman–Crippen LogP) is 3.31. The van der Waals surface area contributed by atoms with Crippen LogP contribution in [-0.4, -0.2) is 14.0 Å². The number of halogens is 1. The van der Waals surface area contributed by atoms with E-state index in [1.54, 1.807) is 6.07 Å². The fourth-order valence-electron chi connectivity index (χ4n) is 2.44. The summed E-state index contributed by atoms with van der Waals surface area (Å²) < 4.78 is 48.7. The number of fused-ring (bicyclic) bond motifs is 1. The Bertz CT molecular complexity index is 828. The van der Waals surface area contributed by atoms with E-state index in [0.717, 1.165) is 11.6 Å². The average Bonchev–Trinajstić information content (AvgIpc) is 2.74. The van der Waals surface area contributed by atoms with Crippen LogP contribution in [-0.2, 0) is 16.5 Å². The van der Waals surface area contributed by atoms with Crippen LogP contribution in [0.1, 0.15) is 19.4 Å². The Balaban J connectivity index is 1.97. The minimum absolute atomic E-state index is 0.118. The van der Waals surface area contributed by atoms with Gasteiger partial charge in [0, 0.05) is 12.0 Å². The standard InChI is InChI=1S/C16H15FO4S/c1-16(2)10-11-5-3-8-14(15(11)20-16)21-22(18,19)13-7-4-6-12(17)9-13/h3-9H,10H2,1-2H3. The zero-order valence-electron chi connectivity index (χ0n) is 12.2. The lowest BCUT2D eigenvalue weighted by molar-refractivity contribution is 0.136. The molecule has 0 saturated carbocycles. The van der Waals surface area contributed by atoms with E-state index in [-0.39, 0.29) is 10.6 Å². The van der Waals surface area contributed by atoms with Crippen molar-refractivity contribution < 1.29 is 21.7 Å². The minimum atomic E-state index is -4.11. The van der Waals surface area contributed by atoms with E-state index in [0.29, 0.717) is 12.2 Å². The molecule has 0 saturated heterocycles. The van der Waals surface area contributed by atoms with Crippen LogP contribution in [0.2, 0.25) is 0 Å². The lowest BCUT2D eigenvalue weighted by Gasteiger charge is -2.18. The second-order valence-corrected chi connectivity index (χ2v) is 7.32. The fourth-order valence-corrected chi connectivity index (χ4v) is 3.41. The first-order valence-corrected chi connectivity index (χ1v) is 8.19. The number of rotatable bonds is 3. The molecule has 0 aliphatic carbocycles. The van der Waals surface area contributed by atoms with Crippen LogP contribution in [0, 0.1) is 5.82 Å². The van der Waals surface area contributed by atoms with Crippen LogP contribution in [0.15, 0.2) is 47.4 Å². The Kier molecular flexibility index (Phi) is 3.36. The van der Waals surface area contributed by atoms with Crippen molar-refractivity contribution in [2.75, 3.05) is 0 Å². The minimum Gasteiger partial charge on any atom is -0.483 e. The van der Waals surface area contributed by atoms with Crippen LogP contribution in [0.3, 0.4) is 0 Å². The highest BCUT2D eigenvalue weighted by Gasteiger charge is 2.33. The van der Waals surface area contributed by atoms with Gasteiger partial charge in [-0.25, -0.2) is 4.39 Å². The summed E-state index contributed by atoms with van der Waals surface area (Å²) in [6, 6.07) is 9.80. The van der Waals surface area contributed by atoms with Crippen LogP contribution in [0.4, 0.5) is 4.39 Å². The molecule has 6 heteroatoms. The topological polar surface area (TPSA) is 52.6 Å². The van der Waals surface area contributed by atoms with Crippen molar-refractivity contribution in [1.29, 1.82) is 0 Å². The molecule has 0 spiro atoms. The molecule has 22 heavy (non-hydrogen) atoms. The molecule has 1 aliphatic heterocycles. The van der Waals surface area contributed by atoms with E-state index < -0.39 is 21.5 Å². The quantitative estimate of drug-likeness (QED) is 0.814. The van der Waals surface area contributed by atoms with Crippen molar-refractivity contribution in [1.82, 2.24) is 0 Å². The maximum absolute atomic E-state index is 13.2. The van der Waals surface area contributed by atoms with Crippen molar-refractivity contribution in [3.05, 3.63) is 53.8 Å². The fraction of sp³-hybridized carbons (Fsp3) is 0.250. The SMILES string of the molecule is CC1(C)Cc2cccc(OS(=O)(=O)c3cccc(F)c3)c2O1. The third kappa shape index (κ3) is 2.78. The Morgan fingerprint density at radius 3 is 2.64 bits per heavy atom. The van der Waals surface area contributed by atoms with Gasteiger partial charge in [-0.2, -0.15) is 8.42 Å². The zero-order chi connectivity index (χ0) is 16.0. The molecule has 116 valence electrons. The van der Waals surface area contributed by atoms with E-state index in [9.17, 15) is 12.8 Å². The normalized spacial score (nSPS) is 16.0. The summed E-state index contributed by atoms with van der Waals surface area (Å²) in [5, 5.41) is 0. The molecule has 0 bridgehead atoms. The van der Waals surface area contributed by atoms with Gasteiger partial charge in [0.1, 0.15) is 16.3 Å². The number of benzene rings is 2. The number of hydrogen-bond acceptors (Lipinski definition) is 4. The van der Waals surface area contributed by atoms with Crippen molar-refractivity contribution in [3.8, 4) is 11.5 Å². The second-order valence-electron chi connectivity index (χ2n) is 5.78. The molecule has 0 aromatic heterocycles. The number of hydrogen-bond donors (Lipinski definition) is 0. The number of ether oxygens (including phenoxy) is 1. The summed E-state index contributed by atoms with van der Waals surface area (Å²) >= 11 is 0. The van der Waals surface area contributed by atoms with E-state index in [1.165, 1.54) is 24.3 Å². The predicted molar refractivity (Wildman–Crippen MR) is 79.1 cm³/mol. The second kappa shape index (κ2) is 4.98. The van der Waals surface area contributed by atoms with Gasteiger partial charge in [0.2, 0.25) is 0 Å². The monoisotopic (exact) mass is 322 g/mol. The van der Waals surface area contributed by atoms with Crippen molar-refractivity contribution in [2.45, 2.75) is 30.8 Å². The molecule has 0 fully saturated rings. The molecule has 0 radical (unpaired) electrons. The largest absolute Gasteiger partial charge is 0.483 e. The molecule has 1 aliphatic rings. The van der Waals surface area contributed by atoms with Crippen LogP contribution in [0.25, 0.3) is 0 Å². The molecule has 0 unspecified atom stereocenters. The zero-order valence-corrected chi connectivity index (χ0v) is 13.0. The van der Waals surface area contributed by atoms with Gasteiger partial charge in [-0.1, -0.05) is 18.2 Å². The molecule has 2 aromatic carbocycles. The first-order chi connectivity index (χ1) is 10.3. The molecular weight excluding hydrogens is 307 g/mol. The Hall–Kier alpha value is -2.08. The van der Waals surface area contributed by atoms with Crippen LogP contribution in [0.5, 0.6) is 11.5 Å². The maximum Gasteiger partial charge on any atom is 0.339 e. The van der Waals surface area contributed by atoms with E-state index in [2.05, 4.69) is 0 Å². The van der Waals surface area contributed by atoms with Gasteiger partial charge in [0.25, 0.3) is 0 Å². The summed E-state index contributed by atoms with van der Waals surface area (Å²) in [4.78, 5) is -0.234. The first-order valence-electron chi connectivity index (χ1n) is 6.78. The molecule has 0 amide bonds. The highest BCUT2D eigenvalue weighted by molar-refractivity contribution is 7.87. The molecular formula is C16H15FO4S. The molecule has 0 atom stereocenters. The smallest absolute Gasteiger partial charge is 0.339 e. The molecule has 2 aromatic rings. The van der Waals surface area contributed by atoms with Crippen LogP contribution < -0.4 is 8.92 Å². The third-order valence-electron chi connectivity index (χ3n) is 3.34. The highest BCUT2D eigenvalue weighted by atomic mass is 32.2. The van der Waals surface area contributed by atoms with E-state index >= 15 is 0 Å². The molecule has 0 N–H and O–H groups in total. The maximum atomic E-state index is 13.2. The Morgan fingerprint density at radius 1 is 1.18 bits per heavy atom. The number of para-hydroxylation sites is 1. The lowest BCUT2D eigenvalue weighted by atomic mass is 10.0. The van der Waals surface area contributed by atoms with Gasteiger partial charge >= 0.3 is 10.1 Å². The van der Waals surface area contributed by atoms with Gasteiger partial charge < -0.3 is 8.92 Å². The molecule has 4 nitrogen and oxygen atoms in total. The Labute approximate surface area is 128 Å². The van der Waals surface area contributed by atoms with Gasteiger partial charge in [-0.3, -0.25) is 0 Å². The summed E-state index contributed by atoms with van der Waals surface area (Å²) in [5.41, 5.74) is 0.474. The summed E-state index contributed by atoms with van der Waals surface area (Å²) in [7, 11) is -4.11. The summed E-state index contributed by atoms with van der Waals surface area (Å²) in [6.45, 7) is 3.83. The van der Waals surface area contributed by atoms with E-state index in [4.69, 9.17) is 8.92 Å². The summed E-state index contributed by atoms with van der Waals surface area (Å²) in [6.07, 6.45) is 0.666. The van der Waals surface area contributed by atoms with Crippen molar-refractivity contribution in [2.24, 2.45) is 0 Å². The lowest BCUT2D eigenvalue weighted by Crippen LogP contribution is -2.24. The average molecular weight is 322 g/mol. The van der Waals surface area contributed by atoms with Crippen LogP contribution >= 0.6 is 0 Å². The van der Waals surface area contributed by atoms with Gasteiger partial charge in [0.15, 0.2) is 11.5 Å². The molecule has 3 rings (SSSR count). The van der Waals surface area contributed by atoms with E-state index in [1.807, 2.05) is 19.9 Å². The first kappa shape index (κ1) is 14.8. The third-order valence-corrected chi connectivity index (χ3v) is 4.57. The van der Waals surface area contributed by atoms with Gasteiger partial charge in [-0.05, 0) is 38.1 Å². The van der Waals surface area contributed by atoms with Gasteiger partial charge in [-0.15, -0.1) is 0 Å². The highest BCUT2D eigenvalue weighted by Crippen LogP contribution is 2.42. The van der Waals surface area contributed by atoms with Crippen molar-refractivity contribution in [3.63, 3.8) is 0 Å². The van der Waals surface area contributed by atoms with Crippen molar-refractivity contribution >= 4 is 10.1 Å². The molecule has 1 heterocycles. The Morgan fingerprint density at radius 2 is 1.91 bits per heavy atom. The summed E-state index contributed by atoms with van der Waals surface area (Å²) in [5.74, 6) is -0.0971.